The van der Waals surface area contributed by atoms with Gasteiger partial charge in [0.15, 0.2) is 0 Å². The number of hydrogen-bond acceptors (Lipinski definition) is 9. The van der Waals surface area contributed by atoms with E-state index in [2.05, 4.69) is 16.0 Å². The number of hydrogen-bond donors (Lipinski definition) is 9. The summed E-state index contributed by atoms with van der Waals surface area (Å²) in [5, 5.41) is 25.9. The Bertz CT molecular complexity index is 1020. The highest BCUT2D eigenvalue weighted by Gasteiger charge is 2.31. The Kier molecular flexibility index (Phi) is 13.9. The average molecular weight is 552 g/mol. The molecule has 0 aliphatic rings. The van der Waals surface area contributed by atoms with Gasteiger partial charge in [-0.05, 0) is 43.5 Å². The van der Waals surface area contributed by atoms with E-state index < -0.39 is 66.1 Å². The van der Waals surface area contributed by atoms with Crippen LogP contribution in [0.1, 0.15) is 44.1 Å². The van der Waals surface area contributed by atoms with Gasteiger partial charge in [-0.3, -0.25) is 24.0 Å². The van der Waals surface area contributed by atoms with Crippen LogP contribution in [0.2, 0.25) is 0 Å². The molecule has 1 aromatic carbocycles. The van der Waals surface area contributed by atoms with Gasteiger partial charge in [0, 0.05) is 12.8 Å². The van der Waals surface area contributed by atoms with E-state index in [1.54, 1.807) is 0 Å². The monoisotopic (exact) mass is 551 g/mol. The van der Waals surface area contributed by atoms with E-state index in [-0.39, 0.29) is 31.4 Å². The van der Waals surface area contributed by atoms with Crippen LogP contribution in [0.15, 0.2) is 24.3 Å². The molecule has 15 heteroatoms. The van der Waals surface area contributed by atoms with Gasteiger partial charge in [-0.2, -0.15) is 0 Å². The van der Waals surface area contributed by atoms with Crippen molar-refractivity contribution in [2.24, 2.45) is 22.9 Å². The van der Waals surface area contributed by atoms with E-state index in [9.17, 15) is 39.0 Å². The molecule has 0 aromatic heterocycles. The van der Waals surface area contributed by atoms with E-state index in [1.165, 1.54) is 24.3 Å². The summed E-state index contributed by atoms with van der Waals surface area (Å²) in [4.78, 5) is 73.1. The van der Waals surface area contributed by atoms with Crippen molar-refractivity contribution in [3.8, 4) is 5.75 Å². The number of unbranched alkanes of at least 4 members (excludes halogenated alkanes) is 1. The first-order chi connectivity index (χ1) is 18.3. The molecular weight excluding hydrogens is 514 g/mol. The molecule has 4 atom stereocenters. The van der Waals surface area contributed by atoms with Crippen LogP contribution < -0.4 is 38.9 Å². The van der Waals surface area contributed by atoms with Gasteiger partial charge in [-0.1, -0.05) is 18.6 Å². The number of aromatic hydroxyl groups is 1. The normalized spacial score (nSPS) is 13.8. The summed E-state index contributed by atoms with van der Waals surface area (Å²) >= 11 is 0. The molecule has 0 heterocycles. The molecule has 5 amide bonds. The van der Waals surface area contributed by atoms with Crippen molar-refractivity contribution in [3.63, 3.8) is 0 Å². The molecule has 0 radical (unpaired) electrons. The predicted molar refractivity (Wildman–Crippen MR) is 138 cm³/mol. The molecule has 216 valence electrons. The molecule has 1 aromatic rings. The number of benzene rings is 1. The molecule has 0 saturated carbocycles. The Labute approximate surface area is 225 Å². The number of phenolic OH excluding ortho intramolecular Hbond substituents is 1. The lowest BCUT2D eigenvalue weighted by molar-refractivity contribution is -0.142. The van der Waals surface area contributed by atoms with Crippen molar-refractivity contribution < 1.29 is 39.0 Å². The molecular formula is C24H37N7O8. The Morgan fingerprint density at radius 2 is 1.33 bits per heavy atom. The van der Waals surface area contributed by atoms with Gasteiger partial charge in [0.1, 0.15) is 23.9 Å². The smallest absolute Gasteiger partial charge is 0.326 e. The Morgan fingerprint density at radius 1 is 0.769 bits per heavy atom. The van der Waals surface area contributed by atoms with Crippen molar-refractivity contribution in [3.05, 3.63) is 29.8 Å². The SMILES string of the molecule is NCCCCC(N)C(=O)NC(CCC(N)=O)C(=O)NC(CC(N)=O)C(=O)NC(Cc1ccc(O)cc1)C(=O)O. The highest BCUT2D eigenvalue weighted by atomic mass is 16.4. The fourth-order valence-corrected chi connectivity index (χ4v) is 3.50. The van der Waals surface area contributed by atoms with Gasteiger partial charge < -0.3 is 49.1 Å². The van der Waals surface area contributed by atoms with Crippen LogP contribution in [0.3, 0.4) is 0 Å². The number of carbonyl (C=O) groups excluding carboxylic acids is 5. The molecule has 1 rings (SSSR count). The Hall–Kier alpha value is -4.24. The Morgan fingerprint density at radius 3 is 1.87 bits per heavy atom. The zero-order chi connectivity index (χ0) is 29.5. The molecule has 0 aliphatic heterocycles. The third-order valence-corrected chi connectivity index (χ3v) is 5.65. The largest absolute Gasteiger partial charge is 0.508 e. The minimum absolute atomic E-state index is 0.0339. The Balaban J connectivity index is 3.01. The highest BCUT2D eigenvalue weighted by molar-refractivity contribution is 5.96. The van der Waals surface area contributed by atoms with E-state index in [1.807, 2.05) is 0 Å². The fraction of sp³-hybridized carbons (Fsp3) is 0.500. The summed E-state index contributed by atoms with van der Waals surface area (Å²) in [7, 11) is 0. The van der Waals surface area contributed by atoms with Crippen molar-refractivity contribution >= 4 is 35.5 Å². The van der Waals surface area contributed by atoms with Crippen LogP contribution in [0, 0.1) is 0 Å². The number of carboxylic acid groups (broad SMARTS) is 1. The topological polar surface area (TPSA) is 283 Å². The van der Waals surface area contributed by atoms with Crippen LogP contribution in [0.4, 0.5) is 0 Å². The second-order valence-electron chi connectivity index (χ2n) is 8.96. The number of primary amides is 2. The summed E-state index contributed by atoms with van der Waals surface area (Å²) in [5.41, 5.74) is 22.2. The third kappa shape index (κ3) is 12.7. The average Bonchev–Trinajstić information content (AvgIpc) is 2.86. The zero-order valence-electron chi connectivity index (χ0n) is 21.4. The number of amides is 5. The van der Waals surface area contributed by atoms with Crippen LogP contribution >= 0.6 is 0 Å². The van der Waals surface area contributed by atoms with Crippen molar-refractivity contribution in [2.45, 2.75) is 69.1 Å². The van der Waals surface area contributed by atoms with Gasteiger partial charge in [0.2, 0.25) is 29.5 Å². The van der Waals surface area contributed by atoms with Crippen molar-refractivity contribution in [1.29, 1.82) is 0 Å². The minimum Gasteiger partial charge on any atom is -0.508 e. The number of nitrogens with one attached hydrogen (secondary N) is 3. The van der Waals surface area contributed by atoms with E-state index >= 15 is 0 Å². The maximum absolute atomic E-state index is 13.0. The predicted octanol–water partition coefficient (Wildman–Crippen LogP) is -2.93. The van der Waals surface area contributed by atoms with E-state index in [4.69, 9.17) is 22.9 Å². The quantitative estimate of drug-likeness (QED) is 0.0837. The van der Waals surface area contributed by atoms with Gasteiger partial charge in [-0.25, -0.2) is 4.79 Å². The highest BCUT2D eigenvalue weighted by Crippen LogP contribution is 2.12. The molecule has 39 heavy (non-hydrogen) atoms. The van der Waals surface area contributed by atoms with Crippen LogP contribution in [0.25, 0.3) is 0 Å². The van der Waals surface area contributed by atoms with Gasteiger partial charge in [0.25, 0.3) is 0 Å². The van der Waals surface area contributed by atoms with Crippen LogP contribution in [0.5, 0.6) is 5.75 Å². The minimum atomic E-state index is -1.59. The fourth-order valence-electron chi connectivity index (χ4n) is 3.50. The summed E-state index contributed by atoms with van der Waals surface area (Å²) in [6.07, 6.45) is 0.125. The zero-order valence-corrected chi connectivity index (χ0v) is 21.4. The van der Waals surface area contributed by atoms with Crippen molar-refractivity contribution in [2.75, 3.05) is 6.54 Å². The first-order valence-electron chi connectivity index (χ1n) is 12.3. The first kappa shape index (κ1) is 32.8. The number of phenols is 1. The van der Waals surface area contributed by atoms with Crippen LogP contribution in [-0.2, 0) is 35.2 Å². The first-order valence-corrected chi connectivity index (χ1v) is 12.3. The molecule has 0 fully saturated rings. The number of carboxylic acids is 1. The number of aliphatic carboxylic acids is 1. The lowest BCUT2D eigenvalue weighted by Gasteiger charge is -2.24. The number of rotatable bonds is 18. The molecule has 0 saturated heterocycles. The maximum Gasteiger partial charge on any atom is 0.326 e. The van der Waals surface area contributed by atoms with E-state index in [0.29, 0.717) is 24.9 Å². The molecule has 0 bridgehead atoms. The molecule has 0 aliphatic carbocycles. The maximum atomic E-state index is 13.0. The molecule has 0 spiro atoms. The lowest BCUT2D eigenvalue weighted by atomic mass is 10.0. The molecule has 15 nitrogen and oxygen atoms in total. The lowest BCUT2D eigenvalue weighted by Crippen LogP contribution is -2.58. The number of carbonyl (C=O) groups is 6. The van der Waals surface area contributed by atoms with Gasteiger partial charge >= 0.3 is 5.97 Å². The molecule has 13 N–H and O–H groups in total. The standard InChI is InChI=1S/C24H37N7O8/c25-10-2-1-3-15(26)21(35)29-16(8-9-19(27)33)22(36)30-17(12-20(28)34)23(37)31-18(24(38)39)11-13-4-6-14(32)7-5-13/h4-7,15-18,32H,1-3,8-12,25-26H2,(H2,27,33)(H2,28,34)(H,29,35)(H,30,36)(H,31,37)(H,38,39). The molecule has 4 unspecified atom stereocenters. The summed E-state index contributed by atoms with van der Waals surface area (Å²) < 4.78 is 0. The van der Waals surface area contributed by atoms with Crippen molar-refractivity contribution in [1.82, 2.24) is 16.0 Å². The summed E-state index contributed by atoms with van der Waals surface area (Å²) in [5.74, 6) is -5.80. The van der Waals surface area contributed by atoms with E-state index in [0.717, 1.165) is 0 Å². The summed E-state index contributed by atoms with van der Waals surface area (Å²) in [6, 6.07) is 0.254. The number of nitrogens with two attached hydrogens (primary N) is 4. The summed E-state index contributed by atoms with van der Waals surface area (Å²) in [6.45, 7) is 0.416. The third-order valence-electron chi connectivity index (χ3n) is 5.65. The second-order valence-corrected chi connectivity index (χ2v) is 8.96. The van der Waals surface area contributed by atoms with Gasteiger partial charge in [0.05, 0.1) is 12.5 Å². The second kappa shape index (κ2) is 16.6. The van der Waals surface area contributed by atoms with Gasteiger partial charge in [-0.15, -0.1) is 0 Å². The van der Waals surface area contributed by atoms with Crippen LogP contribution in [-0.4, -0.2) is 76.4 Å².